The first-order valence-corrected chi connectivity index (χ1v) is 10.4. The van der Waals surface area contributed by atoms with E-state index in [1.165, 1.54) is 5.56 Å². The van der Waals surface area contributed by atoms with Crippen molar-refractivity contribution in [3.8, 4) is 11.5 Å². The van der Waals surface area contributed by atoms with Gasteiger partial charge in [0.05, 0.1) is 18.8 Å². The molecule has 0 fully saturated rings. The van der Waals surface area contributed by atoms with Gasteiger partial charge in [-0.25, -0.2) is 0 Å². The Bertz CT molecular complexity index is 777. The quantitative estimate of drug-likeness (QED) is 0.239. The molecule has 2 aromatic rings. The SMILES string of the molecule is CCCCOc1ccc(CC)cc1/C=C/C(=O)c1ccccc1OCCCC. The van der Waals surface area contributed by atoms with E-state index in [1.54, 1.807) is 6.08 Å². The van der Waals surface area contributed by atoms with Gasteiger partial charge in [-0.15, -0.1) is 0 Å². The van der Waals surface area contributed by atoms with E-state index in [1.807, 2.05) is 36.4 Å². The zero-order chi connectivity index (χ0) is 20.2. The Morgan fingerprint density at radius 2 is 1.57 bits per heavy atom. The number of hydrogen-bond acceptors (Lipinski definition) is 3. The number of carbonyl (C=O) groups is 1. The minimum Gasteiger partial charge on any atom is -0.493 e. The van der Waals surface area contributed by atoms with Crippen LogP contribution in [0, 0.1) is 0 Å². The lowest BCUT2D eigenvalue weighted by Crippen LogP contribution is -2.03. The topological polar surface area (TPSA) is 35.5 Å². The Hall–Kier alpha value is -2.55. The van der Waals surface area contributed by atoms with Gasteiger partial charge >= 0.3 is 0 Å². The molecule has 3 heteroatoms. The standard InChI is InChI=1S/C25H32O3/c1-4-7-17-27-24-16-13-20(6-3)19-21(24)14-15-23(26)22-11-9-10-12-25(22)28-18-8-5-2/h9-16,19H,4-8,17-18H2,1-3H3/b15-14+. The van der Waals surface area contributed by atoms with E-state index >= 15 is 0 Å². The maximum atomic E-state index is 12.8. The summed E-state index contributed by atoms with van der Waals surface area (Å²) < 4.78 is 11.7. The number of carbonyl (C=O) groups excluding carboxylic acids is 1. The molecule has 150 valence electrons. The van der Waals surface area contributed by atoms with Crippen LogP contribution < -0.4 is 9.47 Å². The number of aryl methyl sites for hydroxylation is 1. The fourth-order valence-electron chi connectivity index (χ4n) is 2.78. The van der Waals surface area contributed by atoms with Crippen molar-refractivity contribution in [2.45, 2.75) is 52.9 Å². The molecule has 0 amide bonds. The predicted molar refractivity (Wildman–Crippen MR) is 116 cm³/mol. The van der Waals surface area contributed by atoms with E-state index in [9.17, 15) is 4.79 Å². The molecular weight excluding hydrogens is 348 g/mol. The van der Waals surface area contributed by atoms with Crippen molar-refractivity contribution in [3.63, 3.8) is 0 Å². The predicted octanol–water partition coefficient (Wildman–Crippen LogP) is 6.50. The molecule has 0 heterocycles. The van der Waals surface area contributed by atoms with Gasteiger partial charge < -0.3 is 9.47 Å². The van der Waals surface area contributed by atoms with Crippen molar-refractivity contribution < 1.29 is 14.3 Å². The summed E-state index contributed by atoms with van der Waals surface area (Å²) in [6.45, 7) is 7.69. The van der Waals surface area contributed by atoms with Crippen LogP contribution in [0.2, 0.25) is 0 Å². The highest BCUT2D eigenvalue weighted by Gasteiger charge is 2.10. The molecule has 0 spiro atoms. The first-order valence-electron chi connectivity index (χ1n) is 10.4. The highest BCUT2D eigenvalue weighted by Crippen LogP contribution is 2.24. The van der Waals surface area contributed by atoms with Crippen molar-refractivity contribution in [3.05, 3.63) is 65.2 Å². The summed E-state index contributed by atoms with van der Waals surface area (Å²) in [5.74, 6) is 1.41. The minimum atomic E-state index is -0.0616. The molecule has 0 aliphatic rings. The molecule has 0 aliphatic heterocycles. The smallest absolute Gasteiger partial charge is 0.189 e. The van der Waals surface area contributed by atoms with Crippen molar-refractivity contribution >= 4 is 11.9 Å². The largest absolute Gasteiger partial charge is 0.493 e. The summed E-state index contributed by atoms with van der Waals surface area (Å²) in [7, 11) is 0. The Kier molecular flexibility index (Phi) is 9.33. The summed E-state index contributed by atoms with van der Waals surface area (Å²) in [4.78, 5) is 12.8. The number of ketones is 1. The zero-order valence-electron chi connectivity index (χ0n) is 17.4. The third-order valence-corrected chi connectivity index (χ3v) is 4.56. The van der Waals surface area contributed by atoms with Crippen LogP contribution >= 0.6 is 0 Å². The van der Waals surface area contributed by atoms with Crippen LogP contribution in [0.3, 0.4) is 0 Å². The second-order valence-corrected chi connectivity index (χ2v) is 6.82. The summed E-state index contributed by atoms with van der Waals surface area (Å²) in [5, 5.41) is 0. The molecule has 3 nitrogen and oxygen atoms in total. The minimum absolute atomic E-state index is 0.0616. The van der Waals surface area contributed by atoms with Gasteiger partial charge in [0.15, 0.2) is 5.78 Å². The van der Waals surface area contributed by atoms with E-state index in [0.29, 0.717) is 24.5 Å². The van der Waals surface area contributed by atoms with Crippen LogP contribution in [-0.4, -0.2) is 19.0 Å². The molecule has 0 unspecified atom stereocenters. The molecule has 0 saturated heterocycles. The normalized spacial score (nSPS) is 11.0. The average molecular weight is 381 g/mol. The number of allylic oxidation sites excluding steroid dienone is 1. The Morgan fingerprint density at radius 1 is 0.893 bits per heavy atom. The van der Waals surface area contributed by atoms with Gasteiger partial charge in [-0.2, -0.15) is 0 Å². The van der Waals surface area contributed by atoms with Gasteiger partial charge in [0, 0.05) is 5.56 Å². The van der Waals surface area contributed by atoms with Crippen LogP contribution in [0.15, 0.2) is 48.5 Å². The first kappa shape index (κ1) is 21.7. The number of ether oxygens (including phenoxy) is 2. The van der Waals surface area contributed by atoms with Crippen molar-refractivity contribution in [1.29, 1.82) is 0 Å². The lowest BCUT2D eigenvalue weighted by atomic mass is 10.0. The van der Waals surface area contributed by atoms with Crippen LogP contribution in [-0.2, 0) is 6.42 Å². The third kappa shape index (κ3) is 6.56. The average Bonchev–Trinajstić information content (AvgIpc) is 2.73. The van der Waals surface area contributed by atoms with Crippen molar-refractivity contribution in [2.24, 2.45) is 0 Å². The molecular formula is C25H32O3. The molecule has 2 aromatic carbocycles. The summed E-state index contributed by atoms with van der Waals surface area (Å²) in [6.07, 6.45) is 8.55. The van der Waals surface area contributed by atoms with Gasteiger partial charge in [-0.3, -0.25) is 4.79 Å². The Balaban J connectivity index is 2.19. The third-order valence-electron chi connectivity index (χ3n) is 4.56. The summed E-state index contributed by atoms with van der Waals surface area (Å²) in [5.41, 5.74) is 2.75. The van der Waals surface area contributed by atoms with Crippen LogP contribution in [0.1, 0.15) is 67.9 Å². The van der Waals surface area contributed by atoms with Gasteiger partial charge in [0.2, 0.25) is 0 Å². The van der Waals surface area contributed by atoms with Crippen LogP contribution in [0.4, 0.5) is 0 Å². The zero-order valence-corrected chi connectivity index (χ0v) is 17.4. The second kappa shape index (κ2) is 12.0. The van der Waals surface area contributed by atoms with Crippen LogP contribution in [0.25, 0.3) is 6.08 Å². The molecule has 0 atom stereocenters. The van der Waals surface area contributed by atoms with E-state index < -0.39 is 0 Å². The number of unbranched alkanes of at least 4 members (excludes halogenated alkanes) is 2. The van der Waals surface area contributed by atoms with Gasteiger partial charge in [-0.1, -0.05) is 51.8 Å². The number of benzene rings is 2. The van der Waals surface area contributed by atoms with Gasteiger partial charge in [0.25, 0.3) is 0 Å². The number of rotatable bonds is 12. The monoisotopic (exact) mass is 380 g/mol. The maximum absolute atomic E-state index is 12.8. The lowest BCUT2D eigenvalue weighted by molar-refractivity contribution is 0.104. The van der Waals surface area contributed by atoms with E-state index in [-0.39, 0.29) is 5.78 Å². The number of para-hydroxylation sites is 1. The van der Waals surface area contributed by atoms with Crippen LogP contribution in [0.5, 0.6) is 11.5 Å². The van der Waals surface area contributed by atoms with Gasteiger partial charge in [0.1, 0.15) is 11.5 Å². The molecule has 28 heavy (non-hydrogen) atoms. The van der Waals surface area contributed by atoms with E-state index in [0.717, 1.165) is 43.4 Å². The molecule has 0 aliphatic carbocycles. The molecule has 0 saturated carbocycles. The van der Waals surface area contributed by atoms with Crippen molar-refractivity contribution in [2.75, 3.05) is 13.2 Å². The molecule has 0 radical (unpaired) electrons. The summed E-state index contributed by atoms with van der Waals surface area (Å²) in [6, 6.07) is 13.6. The highest BCUT2D eigenvalue weighted by atomic mass is 16.5. The second-order valence-electron chi connectivity index (χ2n) is 6.82. The van der Waals surface area contributed by atoms with E-state index in [4.69, 9.17) is 9.47 Å². The highest BCUT2D eigenvalue weighted by molar-refractivity contribution is 6.08. The maximum Gasteiger partial charge on any atom is 0.189 e. The van der Waals surface area contributed by atoms with Crippen molar-refractivity contribution in [1.82, 2.24) is 0 Å². The summed E-state index contributed by atoms with van der Waals surface area (Å²) >= 11 is 0. The lowest BCUT2D eigenvalue weighted by Gasteiger charge is -2.11. The molecule has 0 N–H and O–H groups in total. The Labute approximate surface area is 169 Å². The fraction of sp³-hybridized carbons (Fsp3) is 0.400. The fourth-order valence-corrected chi connectivity index (χ4v) is 2.78. The molecule has 2 rings (SSSR count). The van der Waals surface area contributed by atoms with E-state index in [2.05, 4.69) is 32.9 Å². The molecule has 0 bridgehead atoms. The Morgan fingerprint density at radius 3 is 2.25 bits per heavy atom. The first-order chi connectivity index (χ1) is 13.7. The van der Waals surface area contributed by atoms with Gasteiger partial charge in [-0.05, 0) is 61.2 Å². The molecule has 0 aromatic heterocycles. The number of hydrogen-bond donors (Lipinski definition) is 0.